The fraction of sp³-hybridized carbons (Fsp3) is 0.571. The molecule has 1 N–H and O–H groups in total. The molecule has 1 heterocycles. The van der Waals surface area contributed by atoms with Crippen LogP contribution < -0.4 is 10.1 Å². The normalized spacial score (nSPS) is 19.6. The highest BCUT2D eigenvalue weighted by atomic mass is 16.5. The van der Waals surface area contributed by atoms with Gasteiger partial charge in [-0.15, -0.1) is 0 Å². The minimum Gasteiger partial charge on any atom is -0.492 e. The van der Waals surface area contributed by atoms with Gasteiger partial charge in [0.05, 0.1) is 0 Å². The Labute approximate surface area is 98.0 Å². The van der Waals surface area contributed by atoms with Crippen molar-refractivity contribution in [1.29, 1.82) is 0 Å². The van der Waals surface area contributed by atoms with E-state index in [1.807, 2.05) is 0 Å². The van der Waals surface area contributed by atoms with Crippen molar-refractivity contribution in [1.82, 2.24) is 5.32 Å². The van der Waals surface area contributed by atoms with E-state index in [1.165, 1.54) is 17.5 Å². The molecule has 0 bridgehead atoms. The molecule has 0 amide bonds. The molecule has 2 rings (SSSR count). The first-order valence-corrected chi connectivity index (χ1v) is 6.13. The van der Waals surface area contributed by atoms with Crippen LogP contribution in [0.5, 0.6) is 5.75 Å². The second kappa shape index (κ2) is 4.88. The predicted octanol–water partition coefficient (Wildman–Crippen LogP) is 2.86. The summed E-state index contributed by atoms with van der Waals surface area (Å²) < 4.78 is 5.79. The van der Waals surface area contributed by atoms with E-state index >= 15 is 0 Å². The molecule has 16 heavy (non-hydrogen) atoms. The highest BCUT2D eigenvalue weighted by molar-refractivity contribution is 5.36. The van der Waals surface area contributed by atoms with E-state index in [2.05, 4.69) is 44.3 Å². The number of ether oxygens (including phenoxy) is 1. The summed E-state index contributed by atoms with van der Waals surface area (Å²) in [4.78, 5) is 0. The third kappa shape index (κ3) is 2.56. The van der Waals surface area contributed by atoms with E-state index in [9.17, 15) is 0 Å². The largest absolute Gasteiger partial charge is 0.492 e. The zero-order chi connectivity index (χ0) is 11.5. The van der Waals surface area contributed by atoms with Crippen LogP contribution in [0.1, 0.15) is 37.3 Å². The van der Waals surface area contributed by atoms with Gasteiger partial charge in [0.1, 0.15) is 12.4 Å². The van der Waals surface area contributed by atoms with E-state index in [4.69, 9.17) is 4.74 Å². The lowest BCUT2D eigenvalue weighted by atomic mass is 9.98. The Morgan fingerprint density at radius 3 is 2.75 bits per heavy atom. The van der Waals surface area contributed by atoms with Gasteiger partial charge in [-0.05, 0) is 49.1 Å². The monoisotopic (exact) mass is 219 g/mol. The number of hydrogen-bond donors (Lipinski definition) is 1. The first kappa shape index (κ1) is 11.5. The SMILES string of the molecule is Cc1ccc(OC[C@@H]2CCN2)cc1C(C)C. The van der Waals surface area contributed by atoms with E-state index in [0.717, 1.165) is 18.9 Å². The van der Waals surface area contributed by atoms with Crippen LogP contribution in [0.3, 0.4) is 0 Å². The van der Waals surface area contributed by atoms with Crippen molar-refractivity contribution >= 4 is 0 Å². The number of rotatable bonds is 4. The third-order valence-electron chi connectivity index (χ3n) is 3.25. The molecule has 1 aromatic rings. The van der Waals surface area contributed by atoms with Gasteiger partial charge < -0.3 is 10.1 Å². The summed E-state index contributed by atoms with van der Waals surface area (Å²) in [6, 6.07) is 6.96. The van der Waals surface area contributed by atoms with Crippen molar-refractivity contribution in [3.63, 3.8) is 0 Å². The van der Waals surface area contributed by atoms with Crippen LogP contribution in [0.15, 0.2) is 18.2 Å². The van der Waals surface area contributed by atoms with Crippen molar-refractivity contribution in [3.05, 3.63) is 29.3 Å². The molecule has 1 aliphatic rings. The molecular weight excluding hydrogens is 198 g/mol. The fourth-order valence-electron chi connectivity index (χ4n) is 2.02. The Hall–Kier alpha value is -1.02. The highest BCUT2D eigenvalue weighted by Gasteiger charge is 2.16. The number of aryl methyl sites for hydroxylation is 1. The first-order chi connectivity index (χ1) is 7.66. The van der Waals surface area contributed by atoms with E-state index in [1.54, 1.807) is 0 Å². The van der Waals surface area contributed by atoms with Gasteiger partial charge in [-0.2, -0.15) is 0 Å². The molecule has 1 atom stereocenters. The van der Waals surface area contributed by atoms with Crippen LogP contribution in [0, 0.1) is 6.92 Å². The molecular formula is C14H21NO. The minimum absolute atomic E-state index is 0.559. The second-order valence-electron chi connectivity index (χ2n) is 4.92. The lowest BCUT2D eigenvalue weighted by Gasteiger charge is -2.27. The first-order valence-electron chi connectivity index (χ1n) is 6.13. The van der Waals surface area contributed by atoms with Crippen LogP contribution in [-0.2, 0) is 0 Å². The average molecular weight is 219 g/mol. The van der Waals surface area contributed by atoms with Gasteiger partial charge in [0.15, 0.2) is 0 Å². The molecule has 0 radical (unpaired) electrons. The van der Waals surface area contributed by atoms with Gasteiger partial charge in [0.2, 0.25) is 0 Å². The maximum Gasteiger partial charge on any atom is 0.119 e. The molecule has 2 nitrogen and oxygen atoms in total. The van der Waals surface area contributed by atoms with Crippen LogP contribution in [-0.4, -0.2) is 19.2 Å². The van der Waals surface area contributed by atoms with Gasteiger partial charge >= 0.3 is 0 Å². The Bertz CT molecular complexity index is 356. The molecule has 0 unspecified atom stereocenters. The maximum atomic E-state index is 5.79. The summed E-state index contributed by atoms with van der Waals surface area (Å²) in [7, 11) is 0. The molecule has 0 aliphatic carbocycles. The summed E-state index contributed by atoms with van der Waals surface area (Å²) in [5.74, 6) is 1.56. The van der Waals surface area contributed by atoms with Crippen molar-refractivity contribution in [2.45, 2.75) is 39.2 Å². The molecule has 1 aliphatic heterocycles. The molecule has 1 aromatic carbocycles. The topological polar surface area (TPSA) is 21.3 Å². The van der Waals surface area contributed by atoms with Crippen molar-refractivity contribution in [3.8, 4) is 5.75 Å². The zero-order valence-corrected chi connectivity index (χ0v) is 10.4. The summed E-state index contributed by atoms with van der Waals surface area (Å²) in [5.41, 5.74) is 2.74. The minimum atomic E-state index is 0.559. The molecule has 0 saturated carbocycles. The Morgan fingerprint density at radius 1 is 1.44 bits per heavy atom. The lowest BCUT2D eigenvalue weighted by Crippen LogP contribution is -2.46. The van der Waals surface area contributed by atoms with Gasteiger partial charge in [-0.1, -0.05) is 19.9 Å². The fourth-order valence-corrected chi connectivity index (χ4v) is 2.02. The number of benzene rings is 1. The Morgan fingerprint density at radius 2 is 2.19 bits per heavy atom. The molecule has 88 valence electrons. The van der Waals surface area contributed by atoms with Crippen LogP contribution in [0.4, 0.5) is 0 Å². The van der Waals surface area contributed by atoms with E-state index < -0.39 is 0 Å². The second-order valence-corrected chi connectivity index (χ2v) is 4.92. The van der Waals surface area contributed by atoms with Crippen LogP contribution in [0.25, 0.3) is 0 Å². The smallest absolute Gasteiger partial charge is 0.119 e. The zero-order valence-electron chi connectivity index (χ0n) is 10.4. The molecule has 0 aromatic heterocycles. The molecule has 0 spiro atoms. The van der Waals surface area contributed by atoms with E-state index in [-0.39, 0.29) is 0 Å². The van der Waals surface area contributed by atoms with Gasteiger partial charge in [-0.25, -0.2) is 0 Å². The van der Waals surface area contributed by atoms with Gasteiger partial charge in [0.25, 0.3) is 0 Å². The van der Waals surface area contributed by atoms with Crippen molar-refractivity contribution < 1.29 is 4.74 Å². The Kier molecular flexibility index (Phi) is 3.49. The highest BCUT2D eigenvalue weighted by Crippen LogP contribution is 2.24. The summed E-state index contributed by atoms with van der Waals surface area (Å²) in [6.45, 7) is 8.53. The van der Waals surface area contributed by atoms with Gasteiger partial charge in [0, 0.05) is 6.04 Å². The summed E-state index contributed by atoms with van der Waals surface area (Å²) in [6.07, 6.45) is 1.24. The average Bonchev–Trinajstić information content (AvgIpc) is 2.17. The maximum absolute atomic E-state index is 5.79. The standard InChI is InChI=1S/C14H21NO/c1-10(2)14-8-13(5-4-11(14)3)16-9-12-6-7-15-12/h4-5,8,10,12,15H,6-7,9H2,1-3H3/t12-/m0/s1. The van der Waals surface area contributed by atoms with Crippen molar-refractivity contribution in [2.75, 3.05) is 13.2 Å². The van der Waals surface area contributed by atoms with Crippen molar-refractivity contribution in [2.24, 2.45) is 0 Å². The van der Waals surface area contributed by atoms with E-state index in [0.29, 0.717) is 12.0 Å². The van der Waals surface area contributed by atoms with Crippen LogP contribution >= 0.6 is 0 Å². The lowest BCUT2D eigenvalue weighted by molar-refractivity contribution is 0.217. The Balaban J connectivity index is 2.00. The summed E-state index contributed by atoms with van der Waals surface area (Å²) in [5, 5.41) is 3.34. The summed E-state index contributed by atoms with van der Waals surface area (Å²) >= 11 is 0. The predicted molar refractivity (Wildman–Crippen MR) is 67.2 cm³/mol. The van der Waals surface area contributed by atoms with Gasteiger partial charge in [-0.3, -0.25) is 0 Å². The number of nitrogens with one attached hydrogen (secondary N) is 1. The number of hydrogen-bond acceptors (Lipinski definition) is 2. The molecule has 1 fully saturated rings. The van der Waals surface area contributed by atoms with Crippen LogP contribution in [0.2, 0.25) is 0 Å². The molecule has 1 saturated heterocycles. The molecule has 2 heteroatoms. The quantitative estimate of drug-likeness (QED) is 0.840. The third-order valence-corrected chi connectivity index (χ3v) is 3.25.